The maximum Gasteiger partial charge on any atom is 0.223 e. The number of hydrogen-bond donors (Lipinski definition) is 1. The van der Waals surface area contributed by atoms with E-state index in [1.807, 2.05) is 23.1 Å². The molecule has 1 aromatic carbocycles. The Bertz CT molecular complexity index is 572. The highest BCUT2D eigenvalue weighted by Crippen LogP contribution is 2.26. The normalized spacial score (nSPS) is 17.6. The maximum atomic E-state index is 12.0. The lowest BCUT2D eigenvalue weighted by molar-refractivity contribution is -0.128. The molecule has 0 saturated carbocycles. The van der Waals surface area contributed by atoms with Gasteiger partial charge in [0.15, 0.2) is 0 Å². The van der Waals surface area contributed by atoms with Crippen molar-refractivity contribution in [3.63, 3.8) is 0 Å². The highest BCUT2D eigenvalue weighted by atomic mass is 16.5. The molecule has 21 heavy (non-hydrogen) atoms. The maximum absolute atomic E-state index is 12.0. The first-order chi connectivity index (χ1) is 10.2. The fourth-order valence-corrected chi connectivity index (χ4v) is 2.62. The van der Waals surface area contributed by atoms with E-state index >= 15 is 0 Å². The molecule has 1 amide bonds. The van der Waals surface area contributed by atoms with E-state index in [1.54, 1.807) is 7.11 Å². The molecule has 2 rings (SSSR count). The zero-order valence-corrected chi connectivity index (χ0v) is 12.7. The van der Waals surface area contributed by atoms with E-state index in [1.165, 1.54) is 0 Å². The molecule has 0 aromatic heterocycles. The molecule has 1 aliphatic heterocycles. The van der Waals surface area contributed by atoms with Crippen LogP contribution in [0.4, 0.5) is 0 Å². The number of benzene rings is 1. The van der Waals surface area contributed by atoms with Crippen LogP contribution in [-0.4, -0.2) is 31.0 Å². The van der Waals surface area contributed by atoms with Crippen LogP contribution in [0, 0.1) is 17.8 Å². The SMILES string of the molecule is CCC1CC(=O)N(Cc2cc(C#CCN)ccc2OC)C1. The number of methoxy groups -OCH3 is 1. The van der Waals surface area contributed by atoms with Gasteiger partial charge in [-0.3, -0.25) is 4.79 Å². The quantitative estimate of drug-likeness (QED) is 0.858. The van der Waals surface area contributed by atoms with Crippen LogP contribution in [0.5, 0.6) is 5.75 Å². The average Bonchev–Trinajstić information content (AvgIpc) is 2.85. The molecule has 0 aliphatic carbocycles. The predicted molar refractivity (Wildman–Crippen MR) is 82.7 cm³/mol. The standard InChI is InChI=1S/C17H22N2O2/c1-3-13-10-17(20)19(11-13)12-15-9-14(5-4-8-18)6-7-16(15)21-2/h6-7,9,13H,3,8,10-12,18H2,1-2H3. The highest BCUT2D eigenvalue weighted by molar-refractivity contribution is 5.78. The third-order valence-electron chi connectivity index (χ3n) is 3.85. The number of hydrogen-bond acceptors (Lipinski definition) is 3. The van der Waals surface area contributed by atoms with Crippen LogP contribution in [0.25, 0.3) is 0 Å². The van der Waals surface area contributed by atoms with Crippen LogP contribution in [0.2, 0.25) is 0 Å². The van der Waals surface area contributed by atoms with Crippen LogP contribution < -0.4 is 10.5 Å². The summed E-state index contributed by atoms with van der Waals surface area (Å²) in [5.41, 5.74) is 7.29. The van der Waals surface area contributed by atoms with Crippen molar-refractivity contribution < 1.29 is 9.53 Å². The molecule has 1 atom stereocenters. The summed E-state index contributed by atoms with van der Waals surface area (Å²) in [6.45, 7) is 3.88. The van der Waals surface area contributed by atoms with Gasteiger partial charge in [-0.2, -0.15) is 0 Å². The lowest BCUT2D eigenvalue weighted by Gasteiger charge is -2.18. The Morgan fingerprint density at radius 1 is 1.48 bits per heavy atom. The van der Waals surface area contributed by atoms with Gasteiger partial charge in [-0.15, -0.1) is 0 Å². The summed E-state index contributed by atoms with van der Waals surface area (Å²) < 4.78 is 5.39. The number of ether oxygens (including phenoxy) is 1. The summed E-state index contributed by atoms with van der Waals surface area (Å²) in [6, 6.07) is 5.79. The Labute approximate surface area is 126 Å². The third kappa shape index (κ3) is 3.77. The van der Waals surface area contributed by atoms with Crippen molar-refractivity contribution in [3.05, 3.63) is 29.3 Å². The predicted octanol–water partition coefficient (Wildman–Crippen LogP) is 1.76. The van der Waals surface area contributed by atoms with E-state index in [9.17, 15) is 4.79 Å². The first-order valence-corrected chi connectivity index (χ1v) is 7.31. The number of nitrogens with zero attached hydrogens (tertiary/aromatic N) is 1. The van der Waals surface area contributed by atoms with E-state index in [0.717, 1.165) is 29.8 Å². The van der Waals surface area contributed by atoms with Crippen LogP contribution in [0.1, 0.15) is 30.9 Å². The molecule has 4 heteroatoms. The van der Waals surface area contributed by atoms with E-state index in [4.69, 9.17) is 10.5 Å². The summed E-state index contributed by atoms with van der Waals surface area (Å²) in [5, 5.41) is 0. The Morgan fingerprint density at radius 2 is 2.29 bits per heavy atom. The molecule has 0 bridgehead atoms. The minimum atomic E-state index is 0.224. The molecule has 0 radical (unpaired) electrons. The van der Waals surface area contributed by atoms with Crippen molar-refractivity contribution in [3.8, 4) is 17.6 Å². The van der Waals surface area contributed by atoms with Crippen LogP contribution >= 0.6 is 0 Å². The number of carbonyl (C=O) groups excluding carboxylic acids is 1. The zero-order valence-electron chi connectivity index (χ0n) is 12.7. The number of rotatable bonds is 4. The van der Waals surface area contributed by atoms with Crippen molar-refractivity contribution in [2.45, 2.75) is 26.3 Å². The molecule has 112 valence electrons. The van der Waals surface area contributed by atoms with Crippen molar-refractivity contribution in [2.75, 3.05) is 20.2 Å². The molecular formula is C17H22N2O2. The van der Waals surface area contributed by atoms with Crippen molar-refractivity contribution in [1.29, 1.82) is 0 Å². The zero-order chi connectivity index (χ0) is 15.2. The van der Waals surface area contributed by atoms with Crippen molar-refractivity contribution in [2.24, 2.45) is 11.7 Å². The molecule has 1 aliphatic rings. The van der Waals surface area contributed by atoms with Gasteiger partial charge >= 0.3 is 0 Å². The summed E-state index contributed by atoms with van der Waals surface area (Å²) in [6.07, 6.45) is 1.70. The minimum Gasteiger partial charge on any atom is -0.496 e. The van der Waals surface area contributed by atoms with Gasteiger partial charge in [-0.25, -0.2) is 0 Å². The first kappa shape index (κ1) is 15.4. The second-order valence-corrected chi connectivity index (χ2v) is 5.29. The summed E-state index contributed by atoms with van der Waals surface area (Å²) in [5.74, 6) is 7.36. The van der Waals surface area contributed by atoms with Gasteiger partial charge in [0, 0.05) is 30.6 Å². The number of likely N-dealkylation sites (tertiary alicyclic amines) is 1. The first-order valence-electron chi connectivity index (χ1n) is 7.31. The monoisotopic (exact) mass is 286 g/mol. The fraction of sp³-hybridized carbons (Fsp3) is 0.471. The number of amides is 1. The summed E-state index contributed by atoms with van der Waals surface area (Å²) in [4.78, 5) is 14.0. The van der Waals surface area contributed by atoms with Gasteiger partial charge in [0.05, 0.1) is 13.7 Å². The molecule has 1 fully saturated rings. The van der Waals surface area contributed by atoms with Crippen LogP contribution in [-0.2, 0) is 11.3 Å². The fourth-order valence-electron chi connectivity index (χ4n) is 2.62. The topological polar surface area (TPSA) is 55.6 Å². The molecule has 0 spiro atoms. The lowest BCUT2D eigenvalue weighted by Crippen LogP contribution is -2.24. The van der Waals surface area contributed by atoms with Crippen molar-refractivity contribution >= 4 is 5.91 Å². The Kier molecular flexibility index (Phi) is 5.24. The van der Waals surface area contributed by atoms with Crippen LogP contribution in [0.3, 0.4) is 0 Å². The molecular weight excluding hydrogens is 264 g/mol. The highest BCUT2D eigenvalue weighted by Gasteiger charge is 2.28. The second-order valence-electron chi connectivity index (χ2n) is 5.29. The molecule has 1 unspecified atom stereocenters. The second kappa shape index (κ2) is 7.14. The smallest absolute Gasteiger partial charge is 0.223 e. The Morgan fingerprint density at radius 3 is 2.90 bits per heavy atom. The van der Waals surface area contributed by atoms with E-state index < -0.39 is 0 Å². The van der Waals surface area contributed by atoms with Gasteiger partial charge in [0.1, 0.15) is 5.75 Å². The number of carbonyl (C=O) groups is 1. The average molecular weight is 286 g/mol. The van der Waals surface area contributed by atoms with Gasteiger partial charge in [-0.1, -0.05) is 25.2 Å². The van der Waals surface area contributed by atoms with Gasteiger partial charge < -0.3 is 15.4 Å². The van der Waals surface area contributed by atoms with Crippen molar-refractivity contribution in [1.82, 2.24) is 4.90 Å². The Hall–Kier alpha value is -1.99. The molecule has 4 nitrogen and oxygen atoms in total. The van der Waals surface area contributed by atoms with E-state index in [0.29, 0.717) is 25.4 Å². The third-order valence-corrected chi connectivity index (χ3v) is 3.85. The Balaban J connectivity index is 2.19. The van der Waals surface area contributed by atoms with E-state index in [-0.39, 0.29) is 5.91 Å². The number of nitrogens with two attached hydrogens (primary N) is 1. The molecule has 1 saturated heterocycles. The summed E-state index contributed by atoms with van der Waals surface area (Å²) in [7, 11) is 1.64. The minimum absolute atomic E-state index is 0.224. The van der Waals surface area contributed by atoms with Crippen LogP contribution in [0.15, 0.2) is 18.2 Å². The lowest BCUT2D eigenvalue weighted by atomic mass is 10.1. The largest absolute Gasteiger partial charge is 0.496 e. The molecule has 1 aromatic rings. The summed E-state index contributed by atoms with van der Waals surface area (Å²) >= 11 is 0. The van der Waals surface area contributed by atoms with Gasteiger partial charge in [-0.05, 0) is 24.1 Å². The van der Waals surface area contributed by atoms with Gasteiger partial charge in [0.2, 0.25) is 5.91 Å². The molecule has 2 N–H and O–H groups in total. The van der Waals surface area contributed by atoms with Gasteiger partial charge in [0.25, 0.3) is 0 Å². The van der Waals surface area contributed by atoms with E-state index in [2.05, 4.69) is 18.8 Å². The molecule has 1 heterocycles.